The molecule has 15 nitrogen and oxygen atoms in total. The molecule has 314 valence electrons. The van der Waals surface area contributed by atoms with Crippen LogP contribution in [0.1, 0.15) is 50.2 Å². The van der Waals surface area contributed by atoms with Crippen LogP contribution in [0.5, 0.6) is 23.0 Å². The summed E-state index contributed by atoms with van der Waals surface area (Å²) in [7, 11) is 1.55. The van der Waals surface area contributed by atoms with Crippen LogP contribution in [0.15, 0.2) is 66.8 Å². The molecule has 4 heterocycles. The highest BCUT2D eigenvalue weighted by atomic mass is 16.6. The molecular formula is C44H52N4O11. The van der Waals surface area contributed by atoms with Crippen molar-refractivity contribution in [2.45, 2.75) is 45.1 Å². The summed E-state index contributed by atoms with van der Waals surface area (Å²) >= 11 is 0. The molecular weight excluding hydrogens is 761 g/mol. The van der Waals surface area contributed by atoms with Gasteiger partial charge in [-0.05, 0) is 66.8 Å². The zero-order valence-electron chi connectivity index (χ0n) is 33.6. The van der Waals surface area contributed by atoms with Crippen LogP contribution in [0.2, 0.25) is 0 Å². The van der Waals surface area contributed by atoms with E-state index in [4.69, 9.17) is 38.3 Å². The highest BCUT2D eigenvalue weighted by molar-refractivity contribution is 6.02. The molecule has 2 atom stereocenters. The Morgan fingerprint density at radius 1 is 0.695 bits per heavy atom. The third-order valence-electron chi connectivity index (χ3n) is 10.7. The Morgan fingerprint density at radius 3 is 1.80 bits per heavy atom. The van der Waals surface area contributed by atoms with E-state index in [1.807, 2.05) is 53.1 Å². The number of anilines is 2. The van der Waals surface area contributed by atoms with Crippen molar-refractivity contribution >= 4 is 29.2 Å². The highest BCUT2D eigenvalue weighted by Crippen LogP contribution is 2.39. The second-order valence-corrected chi connectivity index (χ2v) is 15.1. The molecule has 2 amide bonds. The zero-order chi connectivity index (χ0) is 41.5. The Hall–Kier alpha value is -5.77. The van der Waals surface area contributed by atoms with E-state index < -0.39 is 5.97 Å². The number of ether oxygens (including phenoxy) is 7. The SMILES string of the molecule is C=C1CC2CNc3cc(OCc4cc(COc5cc6c(cc5C)C(=O)N5CC(=C)C[C@H]5CN6)cc(OCCOCCOCCOCC(=O)O)c4)c(OC)cc3C(=O)N2C1. The van der Waals surface area contributed by atoms with Crippen molar-refractivity contribution in [1.29, 1.82) is 0 Å². The van der Waals surface area contributed by atoms with E-state index in [1.54, 1.807) is 13.2 Å². The summed E-state index contributed by atoms with van der Waals surface area (Å²) < 4.78 is 40.7. The molecule has 15 heteroatoms. The Morgan fingerprint density at radius 2 is 1.22 bits per heavy atom. The lowest BCUT2D eigenvalue weighted by atomic mass is 10.1. The van der Waals surface area contributed by atoms with Crippen molar-refractivity contribution < 1.29 is 52.6 Å². The lowest BCUT2D eigenvalue weighted by molar-refractivity contribution is -0.142. The maximum Gasteiger partial charge on any atom is 0.329 e. The number of carbonyl (C=O) groups excluding carboxylic acids is 2. The number of carboxylic acid groups (broad SMARTS) is 1. The number of methoxy groups -OCH3 is 1. The van der Waals surface area contributed by atoms with Gasteiger partial charge in [-0.2, -0.15) is 0 Å². The third kappa shape index (κ3) is 10.1. The van der Waals surface area contributed by atoms with E-state index in [2.05, 4.69) is 23.8 Å². The Labute approximate surface area is 343 Å². The second-order valence-electron chi connectivity index (χ2n) is 15.1. The van der Waals surface area contributed by atoms with Gasteiger partial charge in [-0.25, -0.2) is 4.79 Å². The fourth-order valence-corrected chi connectivity index (χ4v) is 7.80. The molecule has 3 aromatic rings. The Balaban J connectivity index is 1.02. The molecule has 0 radical (unpaired) electrons. The molecule has 0 saturated carbocycles. The van der Waals surface area contributed by atoms with Crippen molar-refractivity contribution in [2.75, 3.05) is 90.2 Å². The number of aryl methyl sites for hydroxylation is 1. The Kier molecular flexibility index (Phi) is 13.2. The van der Waals surface area contributed by atoms with Crippen molar-refractivity contribution in [3.63, 3.8) is 0 Å². The molecule has 2 saturated heterocycles. The summed E-state index contributed by atoms with van der Waals surface area (Å²) in [5.41, 5.74) is 7.18. The molecule has 1 unspecified atom stereocenters. The first kappa shape index (κ1) is 41.4. The second kappa shape index (κ2) is 18.9. The van der Waals surface area contributed by atoms with E-state index in [9.17, 15) is 14.4 Å². The summed E-state index contributed by atoms with van der Waals surface area (Å²) in [6, 6.07) is 13.2. The zero-order valence-corrected chi connectivity index (χ0v) is 33.6. The van der Waals surface area contributed by atoms with Gasteiger partial charge < -0.3 is 58.7 Å². The molecule has 4 aliphatic rings. The molecule has 0 aromatic heterocycles. The fraction of sp³-hybridized carbons (Fsp3) is 0.432. The first-order valence-electron chi connectivity index (χ1n) is 19.8. The first-order chi connectivity index (χ1) is 28.6. The van der Waals surface area contributed by atoms with E-state index in [1.165, 1.54) is 0 Å². The number of nitrogens with zero attached hydrogens (tertiary/aromatic N) is 2. The van der Waals surface area contributed by atoms with Crippen LogP contribution in [0.3, 0.4) is 0 Å². The van der Waals surface area contributed by atoms with Crippen molar-refractivity contribution in [1.82, 2.24) is 9.80 Å². The summed E-state index contributed by atoms with van der Waals surface area (Å²) in [6.07, 6.45) is 1.56. The number of hydrogen-bond donors (Lipinski definition) is 3. The molecule has 0 aliphatic carbocycles. The maximum atomic E-state index is 13.5. The lowest BCUT2D eigenvalue weighted by Gasteiger charge is -2.21. The van der Waals surface area contributed by atoms with Crippen molar-refractivity contribution in [3.05, 3.63) is 94.6 Å². The van der Waals surface area contributed by atoms with Crippen LogP contribution in [-0.4, -0.2) is 124 Å². The topological polar surface area (TPSA) is 167 Å². The quantitative estimate of drug-likeness (QED) is 0.109. The number of amides is 2. The maximum absolute atomic E-state index is 13.5. The molecule has 2 fully saturated rings. The predicted molar refractivity (Wildman–Crippen MR) is 219 cm³/mol. The number of fused-ring (bicyclic) bond motifs is 4. The highest BCUT2D eigenvalue weighted by Gasteiger charge is 2.37. The van der Waals surface area contributed by atoms with Gasteiger partial charge in [-0.15, -0.1) is 0 Å². The average molecular weight is 813 g/mol. The molecule has 3 aromatic carbocycles. The van der Waals surface area contributed by atoms with Gasteiger partial charge in [0.2, 0.25) is 0 Å². The van der Waals surface area contributed by atoms with Gasteiger partial charge in [0.1, 0.15) is 37.9 Å². The number of aliphatic carboxylic acids is 1. The molecule has 7 rings (SSSR count). The molecule has 59 heavy (non-hydrogen) atoms. The fourth-order valence-electron chi connectivity index (χ4n) is 7.80. The minimum absolute atomic E-state index is 0.00278. The summed E-state index contributed by atoms with van der Waals surface area (Å²) in [6.45, 7) is 14.2. The monoisotopic (exact) mass is 812 g/mol. The van der Waals surface area contributed by atoms with E-state index in [-0.39, 0.29) is 63.5 Å². The number of rotatable bonds is 19. The average Bonchev–Trinajstić information content (AvgIpc) is 3.73. The first-order valence-corrected chi connectivity index (χ1v) is 19.8. The molecule has 0 bridgehead atoms. The molecule has 3 N–H and O–H groups in total. The summed E-state index contributed by atoms with van der Waals surface area (Å²) in [5.74, 6) is 1.09. The number of carboxylic acids is 1. The minimum Gasteiger partial charge on any atom is -0.493 e. The van der Waals surface area contributed by atoms with Gasteiger partial charge in [-0.3, -0.25) is 9.59 Å². The van der Waals surface area contributed by atoms with Crippen LogP contribution in [0.4, 0.5) is 11.4 Å². The molecule has 0 spiro atoms. The summed E-state index contributed by atoms with van der Waals surface area (Å²) in [4.78, 5) is 41.3. The van der Waals surface area contributed by atoms with Crippen LogP contribution >= 0.6 is 0 Å². The number of hydrogen-bond acceptors (Lipinski definition) is 12. The largest absolute Gasteiger partial charge is 0.493 e. The number of benzene rings is 3. The van der Waals surface area contributed by atoms with Crippen LogP contribution in [0, 0.1) is 6.92 Å². The lowest BCUT2D eigenvalue weighted by Crippen LogP contribution is -2.36. The summed E-state index contributed by atoms with van der Waals surface area (Å²) in [5, 5.41) is 15.5. The van der Waals surface area contributed by atoms with Gasteiger partial charge in [0.25, 0.3) is 11.8 Å². The Bertz CT molecular complexity index is 2090. The smallest absolute Gasteiger partial charge is 0.329 e. The van der Waals surface area contributed by atoms with Crippen LogP contribution < -0.4 is 29.6 Å². The van der Waals surface area contributed by atoms with Gasteiger partial charge in [0.15, 0.2) is 11.5 Å². The van der Waals surface area contributed by atoms with Gasteiger partial charge >= 0.3 is 5.97 Å². The standard InChI is InChI=1S/C44H52N4O11/c1-27-11-32-20-45-37-18-39(29(3)13-35(37)43(51)47(32)22-27)58-24-30-14-31(16-34(15-30)57-10-9-55-6-5-54-7-8-56-26-42(49)50)25-59-41-19-38-36(17-40(41)53-4)44(52)48-23-28(2)12-33(48)21-46-38/h13-19,32-33,45-46H,1-2,5-12,20-26H2,3-4H3,(H,49,50)/t32-,33?/m0/s1. The van der Waals surface area contributed by atoms with Gasteiger partial charge in [-0.1, -0.05) is 24.3 Å². The van der Waals surface area contributed by atoms with E-state index >= 15 is 0 Å². The van der Waals surface area contributed by atoms with E-state index in [0.29, 0.717) is 85.8 Å². The predicted octanol–water partition coefficient (Wildman–Crippen LogP) is 5.07. The van der Waals surface area contributed by atoms with Crippen molar-refractivity contribution in [3.8, 4) is 23.0 Å². The normalized spacial score (nSPS) is 18.2. The van der Waals surface area contributed by atoms with Crippen LogP contribution in [0.25, 0.3) is 0 Å². The minimum atomic E-state index is -1.02. The van der Waals surface area contributed by atoms with E-state index in [0.717, 1.165) is 46.4 Å². The number of carbonyl (C=O) groups is 3. The number of nitrogens with one attached hydrogen (secondary N) is 2. The molecule has 4 aliphatic heterocycles. The van der Waals surface area contributed by atoms with Gasteiger partial charge in [0, 0.05) is 38.3 Å². The van der Waals surface area contributed by atoms with Gasteiger partial charge in [0.05, 0.1) is 74.7 Å². The third-order valence-corrected chi connectivity index (χ3v) is 10.7. The van der Waals surface area contributed by atoms with Crippen LogP contribution in [-0.2, 0) is 32.2 Å². The van der Waals surface area contributed by atoms with Crippen molar-refractivity contribution in [2.24, 2.45) is 0 Å².